The van der Waals surface area contributed by atoms with E-state index in [1.165, 1.54) is 0 Å². The highest BCUT2D eigenvalue weighted by molar-refractivity contribution is 4.64. The smallest absolute Gasteiger partial charge is 0.0719 e. The van der Waals surface area contributed by atoms with Gasteiger partial charge in [0.25, 0.3) is 0 Å². The van der Waals surface area contributed by atoms with Gasteiger partial charge in [-0.15, -0.1) is 6.61 Å². The Morgan fingerprint density at radius 3 is 2.33 bits per heavy atom. The molecule has 0 aromatic heterocycles. The van der Waals surface area contributed by atoms with Gasteiger partial charge in [-0.1, -0.05) is 0 Å². The van der Waals surface area contributed by atoms with Crippen molar-refractivity contribution in [1.29, 1.82) is 0 Å². The third-order valence-corrected chi connectivity index (χ3v) is 0.588. The fourth-order valence-corrected chi connectivity index (χ4v) is 0.164. The Morgan fingerprint density at radius 1 is 1.83 bits per heavy atom. The maximum absolute atomic E-state index is 9.57. The first kappa shape index (κ1) is 5.88. The summed E-state index contributed by atoms with van der Waals surface area (Å²) in [4.78, 5) is 0. The molecule has 0 bridgehead atoms. The summed E-state index contributed by atoms with van der Waals surface area (Å²) in [5.41, 5.74) is 0. The molecule has 38 valence electrons. The van der Waals surface area contributed by atoms with E-state index in [1.807, 2.05) is 0 Å². The van der Waals surface area contributed by atoms with Crippen molar-refractivity contribution in [2.75, 3.05) is 13.2 Å². The molecule has 1 atom stereocenters. The van der Waals surface area contributed by atoms with Gasteiger partial charge < -0.3 is 16.0 Å². The summed E-state index contributed by atoms with van der Waals surface area (Å²) in [5.74, 6) is 0. The van der Waals surface area contributed by atoms with Gasteiger partial charge in [0, 0.05) is 0 Å². The Balaban J connectivity index is 0.000000250. The second kappa shape index (κ2) is 2.12. The summed E-state index contributed by atoms with van der Waals surface area (Å²) < 4.78 is 4.55. The normalized spacial score (nSPS) is 28.5. The average molecular weight is 91.1 g/mol. The SMILES string of the molecule is [NH4+].[O-]CC1CO1. The van der Waals surface area contributed by atoms with Gasteiger partial charge in [0.2, 0.25) is 0 Å². The molecule has 0 aromatic carbocycles. The molecule has 1 heterocycles. The Kier molecular flexibility index (Phi) is 2.08. The van der Waals surface area contributed by atoms with Crippen LogP contribution in [0.1, 0.15) is 0 Å². The zero-order valence-electron chi connectivity index (χ0n) is 3.81. The van der Waals surface area contributed by atoms with E-state index < -0.39 is 0 Å². The highest BCUT2D eigenvalue weighted by Crippen LogP contribution is 2.03. The van der Waals surface area contributed by atoms with Gasteiger partial charge in [0.05, 0.1) is 12.7 Å². The van der Waals surface area contributed by atoms with Crippen LogP contribution in [0.3, 0.4) is 0 Å². The number of epoxide rings is 1. The van der Waals surface area contributed by atoms with Crippen molar-refractivity contribution in [3.05, 3.63) is 0 Å². The molecule has 3 nitrogen and oxygen atoms in total. The average Bonchev–Trinajstić information content (AvgIpc) is 2.12. The molecule has 0 saturated carbocycles. The van der Waals surface area contributed by atoms with Crippen LogP contribution >= 0.6 is 0 Å². The van der Waals surface area contributed by atoms with Crippen molar-refractivity contribution in [3.8, 4) is 0 Å². The van der Waals surface area contributed by atoms with Crippen LogP contribution in [-0.2, 0) is 4.74 Å². The van der Waals surface area contributed by atoms with Crippen LogP contribution in [0.4, 0.5) is 0 Å². The lowest BCUT2D eigenvalue weighted by atomic mass is 10.5. The van der Waals surface area contributed by atoms with Gasteiger partial charge in [-0.3, -0.25) is 0 Å². The minimum atomic E-state index is -0.0556. The molecule has 1 rings (SSSR count). The van der Waals surface area contributed by atoms with Crippen LogP contribution in [0.25, 0.3) is 0 Å². The van der Waals surface area contributed by atoms with E-state index in [2.05, 4.69) is 4.74 Å². The molecule has 1 aliphatic rings. The lowest BCUT2D eigenvalue weighted by molar-refractivity contribution is -0.370. The predicted molar refractivity (Wildman–Crippen MR) is 20.6 cm³/mol. The number of rotatable bonds is 1. The van der Waals surface area contributed by atoms with Crippen molar-refractivity contribution in [2.24, 2.45) is 0 Å². The van der Waals surface area contributed by atoms with Crippen molar-refractivity contribution >= 4 is 0 Å². The van der Waals surface area contributed by atoms with Crippen LogP contribution in [0.15, 0.2) is 0 Å². The Labute approximate surface area is 36.5 Å². The van der Waals surface area contributed by atoms with Crippen molar-refractivity contribution in [3.63, 3.8) is 0 Å². The van der Waals surface area contributed by atoms with E-state index in [9.17, 15) is 5.11 Å². The first-order valence-electron chi connectivity index (χ1n) is 1.63. The van der Waals surface area contributed by atoms with Crippen molar-refractivity contribution in [2.45, 2.75) is 6.10 Å². The maximum atomic E-state index is 9.57. The van der Waals surface area contributed by atoms with Crippen LogP contribution in [0.5, 0.6) is 0 Å². The molecule has 0 aromatic rings. The van der Waals surface area contributed by atoms with Gasteiger partial charge in [0.15, 0.2) is 0 Å². The zero-order chi connectivity index (χ0) is 3.70. The largest absolute Gasteiger partial charge is 0.853 e. The molecule has 0 aliphatic carbocycles. The lowest BCUT2D eigenvalue weighted by Crippen LogP contribution is -2.11. The molecule has 1 fully saturated rings. The minimum Gasteiger partial charge on any atom is -0.853 e. The van der Waals surface area contributed by atoms with Crippen molar-refractivity contribution in [1.82, 2.24) is 6.15 Å². The first-order chi connectivity index (χ1) is 2.43. The van der Waals surface area contributed by atoms with Crippen LogP contribution in [0.2, 0.25) is 0 Å². The lowest BCUT2D eigenvalue weighted by Gasteiger charge is -1.89. The number of quaternary nitrogens is 1. The third kappa shape index (κ3) is 1.35. The van der Waals surface area contributed by atoms with E-state index in [1.54, 1.807) is 0 Å². The Hall–Kier alpha value is -0.120. The summed E-state index contributed by atoms with van der Waals surface area (Å²) in [6.45, 7) is 0.642. The van der Waals surface area contributed by atoms with Crippen LogP contribution in [-0.4, -0.2) is 19.3 Å². The molecule has 1 aliphatic heterocycles. The van der Waals surface area contributed by atoms with Crippen LogP contribution in [0, 0.1) is 0 Å². The number of ether oxygens (including phenoxy) is 1. The summed E-state index contributed by atoms with van der Waals surface area (Å²) >= 11 is 0. The molecule has 1 saturated heterocycles. The van der Waals surface area contributed by atoms with Crippen LogP contribution < -0.4 is 11.3 Å². The number of hydrogen-bond donors (Lipinski definition) is 1. The fraction of sp³-hybridized carbons (Fsp3) is 1.00. The second-order valence-electron chi connectivity index (χ2n) is 1.12. The fourth-order valence-electron chi connectivity index (χ4n) is 0.164. The summed E-state index contributed by atoms with van der Waals surface area (Å²) in [5, 5.41) is 9.57. The molecular weight excluding hydrogens is 82.0 g/mol. The Morgan fingerprint density at radius 2 is 2.33 bits per heavy atom. The molecule has 3 heteroatoms. The highest BCUT2D eigenvalue weighted by Gasteiger charge is 2.15. The zero-order valence-corrected chi connectivity index (χ0v) is 3.81. The van der Waals surface area contributed by atoms with E-state index in [-0.39, 0.29) is 18.9 Å². The third-order valence-electron chi connectivity index (χ3n) is 0.588. The van der Waals surface area contributed by atoms with Gasteiger partial charge in [-0.2, -0.15) is 0 Å². The summed E-state index contributed by atoms with van der Waals surface area (Å²) in [7, 11) is 0. The van der Waals surface area contributed by atoms with E-state index in [0.717, 1.165) is 0 Å². The molecule has 0 spiro atoms. The Bertz CT molecular complexity index is 35.8. The first-order valence-corrected chi connectivity index (χ1v) is 1.63. The summed E-state index contributed by atoms with van der Waals surface area (Å²) in [6.07, 6.45) is 0.0787. The molecule has 4 N–H and O–H groups in total. The van der Waals surface area contributed by atoms with Crippen molar-refractivity contribution < 1.29 is 9.84 Å². The van der Waals surface area contributed by atoms with Gasteiger partial charge in [-0.05, 0) is 0 Å². The second-order valence-corrected chi connectivity index (χ2v) is 1.12. The molecule has 0 radical (unpaired) electrons. The van der Waals surface area contributed by atoms with E-state index in [0.29, 0.717) is 6.61 Å². The molecule has 6 heavy (non-hydrogen) atoms. The maximum Gasteiger partial charge on any atom is 0.0719 e. The van der Waals surface area contributed by atoms with E-state index in [4.69, 9.17) is 0 Å². The highest BCUT2D eigenvalue weighted by atomic mass is 16.6. The molecule has 0 amide bonds. The quantitative estimate of drug-likeness (QED) is 0.426. The van der Waals surface area contributed by atoms with Gasteiger partial charge >= 0.3 is 0 Å². The molecular formula is C3H9NO2. The predicted octanol–water partition coefficient (Wildman–Crippen LogP) is -0.878. The van der Waals surface area contributed by atoms with Gasteiger partial charge in [-0.25, -0.2) is 0 Å². The summed E-state index contributed by atoms with van der Waals surface area (Å²) in [6, 6.07) is 0. The topological polar surface area (TPSA) is 72.1 Å². The monoisotopic (exact) mass is 91.1 g/mol. The van der Waals surface area contributed by atoms with Gasteiger partial charge in [0.1, 0.15) is 0 Å². The minimum absolute atomic E-state index is 0. The standard InChI is InChI=1S/C3H5O2.H3N/c4-1-3-2-5-3;/h3H,1-2H2;1H3/q-1;/p+1. The molecule has 1 unspecified atom stereocenters. The number of hydrogen-bond acceptors (Lipinski definition) is 2. The van der Waals surface area contributed by atoms with E-state index >= 15 is 0 Å².